The Hall–Kier alpha value is -4.07. The number of aromatic nitrogens is 3. The predicted octanol–water partition coefficient (Wildman–Crippen LogP) is 3.36. The maximum atomic E-state index is 13.1. The summed E-state index contributed by atoms with van der Waals surface area (Å²) >= 11 is 0. The van der Waals surface area contributed by atoms with Gasteiger partial charge in [0.05, 0.1) is 26.5 Å². The molecule has 1 fully saturated rings. The van der Waals surface area contributed by atoms with E-state index in [2.05, 4.69) is 5.10 Å². The fraction of sp³-hybridized carbons (Fsp3) is 0.240. The van der Waals surface area contributed by atoms with Crippen molar-refractivity contribution in [2.24, 2.45) is 0 Å². The molecule has 3 heterocycles. The molecule has 0 radical (unpaired) electrons. The second-order valence-electron chi connectivity index (χ2n) is 7.98. The average molecular weight is 444 g/mol. The van der Waals surface area contributed by atoms with Crippen LogP contribution in [0.1, 0.15) is 18.4 Å². The number of anilines is 1. The first-order valence-corrected chi connectivity index (χ1v) is 10.8. The number of rotatable bonds is 6. The van der Waals surface area contributed by atoms with E-state index in [-0.39, 0.29) is 11.5 Å². The molecule has 33 heavy (non-hydrogen) atoms. The van der Waals surface area contributed by atoms with Gasteiger partial charge in [0.1, 0.15) is 5.52 Å². The number of carbonyl (C=O) groups excluding carboxylic acids is 1. The zero-order valence-corrected chi connectivity index (χ0v) is 18.5. The van der Waals surface area contributed by atoms with Crippen LogP contribution in [0.4, 0.5) is 5.69 Å². The van der Waals surface area contributed by atoms with Gasteiger partial charge in [-0.1, -0.05) is 12.1 Å². The van der Waals surface area contributed by atoms with Crippen LogP contribution in [0.15, 0.2) is 65.7 Å². The minimum absolute atomic E-state index is 0.129. The van der Waals surface area contributed by atoms with Gasteiger partial charge in [0, 0.05) is 36.6 Å². The highest BCUT2D eigenvalue weighted by Crippen LogP contribution is 2.32. The van der Waals surface area contributed by atoms with Gasteiger partial charge in [-0.25, -0.2) is 4.52 Å². The second-order valence-corrected chi connectivity index (χ2v) is 7.98. The van der Waals surface area contributed by atoms with Crippen molar-refractivity contribution in [3.8, 4) is 22.8 Å². The van der Waals surface area contributed by atoms with Crippen molar-refractivity contribution in [1.29, 1.82) is 0 Å². The molecule has 0 aliphatic carbocycles. The molecule has 2 aromatic carbocycles. The third-order valence-corrected chi connectivity index (χ3v) is 5.96. The van der Waals surface area contributed by atoms with E-state index in [1.165, 1.54) is 0 Å². The van der Waals surface area contributed by atoms with Gasteiger partial charge in [-0.2, -0.15) is 5.10 Å². The highest BCUT2D eigenvalue weighted by Gasteiger charge is 2.21. The molecule has 0 atom stereocenters. The van der Waals surface area contributed by atoms with Gasteiger partial charge in [0.15, 0.2) is 11.5 Å². The molecule has 1 aliphatic heterocycles. The Labute approximate surface area is 190 Å². The Balaban J connectivity index is 1.42. The Kier molecular flexibility index (Phi) is 5.34. The normalized spacial score (nSPS) is 13.6. The zero-order valence-electron chi connectivity index (χ0n) is 18.5. The molecule has 168 valence electrons. The zero-order chi connectivity index (χ0) is 22.9. The number of carbonyl (C=O) groups is 1. The van der Waals surface area contributed by atoms with Gasteiger partial charge in [0.2, 0.25) is 5.91 Å². The number of nitrogens with zero attached hydrogens (tertiary/aromatic N) is 4. The van der Waals surface area contributed by atoms with E-state index in [0.29, 0.717) is 35.7 Å². The minimum atomic E-state index is -0.129. The fourth-order valence-electron chi connectivity index (χ4n) is 4.19. The molecule has 4 aromatic rings. The molecule has 1 saturated heterocycles. The van der Waals surface area contributed by atoms with E-state index in [0.717, 1.165) is 29.8 Å². The molecule has 0 bridgehead atoms. The van der Waals surface area contributed by atoms with Gasteiger partial charge in [-0.15, -0.1) is 0 Å². The van der Waals surface area contributed by atoms with Crippen molar-refractivity contribution < 1.29 is 14.3 Å². The average Bonchev–Trinajstić information content (AvgIpc) is 3.48. The van der Waals surface area contributed by atoms with Gasteiger partial charge in [-0.05, 0) is 48.4 Å². The van der Waals surface area contributed by atoms with Gasteiger partial charge < -0.3 is 18.9 Å². The summed E-state index contributed by atoms with van der Waals surface area (Å²) in [6, 6.07) is 15.1. The van der Waals surface area contributed by atoms with Crippen LogP contribution < -0.4 is 19.9 Å². The third kappa shape index (κ3) is 3.84. The lowest BCUT2D eigenvalue weighted by molar-refractivity contribution is -0.117. The molecule has 0 spiro atoms. The maximum Gasteiger partial charge on any atom is 0.276 e. The van der Waals surface area contributed by atoms with E-state index < -0.39 is 0 Å². The lowest BCUT2D eigenvalue weighted by Gasteiger charge is -2.16. The van der Waals surface area contributed by atoms with Crippen LogP contribution >= 0.6 is 0 Å². The molecule has 0 N–H and O–H groups in total. The number of amides is 1. The standard InChI is InChI=1S/C25H24N4O4/c1-32-22-10-7-18(14-23(22)33-2)20-15-21-25(31)27(12-13-29(21)26-20)16-17-5-8-19(9-6-17)28-11-3-4-24(28)30/h5-10,12-15H,3-4,11,16H2,1-2H3. The van der Waals surface area contributed by atoms with E-state index >= 15 is 0 Å². The lowest BCUT2D eigenvalue weighted by atomic mass is 10.1. The number of methoxy groups -OCH3 is 2. The molecule has 8 nitrogen and oxygen atoms in total. The highest BCUT2D eigenvalue weighted by atomic mass is 16.5. The summed E-state index contributed by atoms with van der Waals surface area (Å²) in [7, 11) is 3.17. The van der Waals surface area contributed by atoms with Crippen LogP contribution in [0.5, 0.6) is 11.5 Å². The summed E-state index contributed by atoms with van der Waals surface area (Å²) in [6.45, 7) is 1.19. The molecular formula is C25H24N4O4. The summed E-state index contributed by atoms with van der Waals surface area (Å²) in [5.74, 6) is 1.39. The van der Waals surface area contributed by atoms with E-state index in [4.69, 9.17) is 9.47 Å². The summed E-state index contributed by atoms with van der Waals surface area (Å²) in [5, 5.41) is 4.56. The molecule has 0 saturated carbocycles. The fourth-order valence-corrected chi connectivity index (χ4v) is 4.19. The molecule has 8 heteroatoms. The van der Waals surface area contributed by atoms with Crippen LogP contribution in [-0.4, -0.2) is 40.9 Å². The first kappa shape index (κ1) is 20.8. The topological polar surface area (TPSA) is 78.1 Å². The van der Waals surface area contributed by atoms with Crippen LogP contribution in [0.25, 0.3) is 16.8 Å². The van der Waals surface area contributed by atoms with Crippen LogP contribution in [0.2, 0.25) is 0 Å². The van der Waals surface area contributed by atoms with E-state index in [9.17, 15) is 9.59 Å². The van der Waals surface area contributed by atoms with Crippen LogP contribution in [0.3, 0.4) is 0 Å². The molecule has 1 aliphatic rings. The molecule has 0 unspecified atom stereocenters. The largest absolute Gasteiger partial charge is 0.493 e. The first-order chi connectivity index (χ1) is 16.1. The van der Waals surface area contributed by atoms with Crippen molar-refractivity contribution in [2.75, 3.05) is 25.7 Å². The van der Waals surface area contributed by atoms with Gasteiger partial charge >= 0.3 is 0 Å². The third-order valence-electron chi connectivity index (χ3n) is 5.96. The Morgan fingerprint density at radius 2 is 1.73 bits per heavy atom. The number of fused-ring (bicyclic) bond motifs is 1. The van der Waals surface area contributed by atoms with Gasteiger partial charge in [-0.3, -0.25) is 9.59 Å². The van der Waals surface area contributed by atoms with Crippen molar-refractivity contribution in [1.82, 2.24) is 14.2 Å². The van der Waals surface area contributed by atoms with Gasteiger partial charge in [0.25, 0.3) is 5.56 Å². The van der Waals surface area contributed by atoms with Crippen molar-refractivity contribution >= 4 is 17.1 Å². The summed E-state index contributed by atoms with van der Waals surface area (Å²) in [6.07, 6.45) is 5.01. The van der Waals surface area contributed by atoms with Crippen LogP contribution in [-0.2, 0) is 11.3 Å². The lowest BCUT2D eigenvalue weighted by Crippen LogP contribution is -2.24. The smallest absolute Gasteiger partial charge is 0.276 e. The number of benzene rings is 2. The van der Waals surface area contributed by atoms with E-state index in [1.807, 2.05) is 47.4 Å². The van der Waals surface area contributed by atoms with Crippen molar-refractivity contribution in [3.63, 3.8) is 0 Å². The highest BCUT2D eigenvalue weighted by molar-refractivity contribution is 5.95. The van der Waals surface area contributed by atoms with Crippen LogP contribution in [0, 0.1) is 0 Å². The molecule has 2 aromatic heterocycles. The van der Waals surface area contributed by atoms with Crippen molar-refractivity contribution in [2.45, 2.75) is 19.4 Å². The second kappa shape index (κ2) is 8.46. The number of ether oxygens (including phenoxy) is 2. The van der Waals surface area contributed by atoms with E-state index in [1.54, 1.807) is 41.8 Å². The SMILES string of the molecule is COc1ccc(-c2cc3c(=O)n(Cc4ccc(N5CCCC5=O)cc4)ccn3n2)cc1OC. The Morgan fingerprint density at radius 3 is 2.42 bits per heavy atom. The van der Waals surface area contributed by atoms with Crippen molar-refractivity contribution in [3.05, 3.63) is 76.8 Å². The molecule has 1 amide bonds. The maximum absolute atomic E-state index is 13.1. The number of hydrogen-bond acceptors (Lipinski definition) is 5. The quantitative estimate of drug-likeness (QED) is 0.456. The monoisotopic (exact) mass is 444 g/mol. The summed E-state index contributed by atoms with van der Waals surface area (Å²) < 4.78 is 13.9. The Bertz CT molecular complexity index is 1390. The summed E-state index contributed by atoms with van der Waals surface area (Å²) in [5.41, 5.74) is 3.74. The summed E-state index contributed by atoms with van der Waals surface area (Å²) in [4.78, 5) is 26.9. The molecular weight excluding hydrogens is 420 g/mol. The Morgan fingerprint density at radius 1 is 0.939 bits per heavy atom. The first-order valence-electron chi connectivity index (χ1n) is 10.8. The minimum Gasteiger partial charge on any atom is -0.493 e. The number of hydrogen-bond donors (Lipinski definition) is 0. The molecule has 5 rings (SSSR count). The predicted molar refractivity (Wildman–Crippen MR) is 125 cm³/mol.